The van der Waals surface area contributed by atoms with Gasteiger partial charge in [-0.05, 0) is 40.0 Å². The summed E-state index contributed by atoms with van der Waals surface area (Å²) < 4.78 is 0. The molecule has 0 radical (unpaired) electrons. The predicted molar refractivity (Wildman–Crippen MR) is 57.3 cm³/mol. The quantitative estimate of drug-likeness (QED) is 0.684. The van der Waals surface area contributed by atoms with E-state index in [1.165, 1.54) is 5.57 Å². The van der Waals surface area contributed by atoms with Crippen LogP contribution in [0.4, 0.5) is 0 Å². The number of allylic oxidation sites excluding steroid dienone is 3. The Kier molecular flexibility index (Phi) is 4.64. The lowest BCUT2D eigenvalue weighted by Gasteiger charge is -2.19. The van der Waals surface area contributed by atoms with Gasteiger partial charge in [-0.3, -0.25) is 0 Å². The maximum Gasteiger partial charge on any atom is 0.0898 e. The molecule has 0 aromatic rings. The van der Waals surface area contributed by atoms with E-state index in [1.54, 1.807) is 25.6 Å². The monoisotopic (exact) mass is 186 g/mol. The van der Waals surface area contributed by atoms with E-state index in [2.05, 4.69) is 0 Å². The van der Waals surface area contributed by atoms with E-state index in [1.807, 2.05) is 32.3 Å². The highest BCUT2D eigenvalue weighted by Crippen LogP contribution is 2.25. The SMILES string of the molecule is CS/C(=C\C=C(C)C)C(C)(C)O. The maximum absolute atomic E-state index is 9.67. The Bertz CT molecular complexity index is 192. The molecule has 1 N–H and O–H groups in total. The molecule has 0 aliphatic carbocycles. The van der Waals surface area contributed by atoms with Gasteiger partial charge in [0.2, 0.25) is 0 Å². The Morgan fingerprint density at radius 3 is 2.00 bits per heavy atom. The smallest absolute Gasteiger partial charge is 0.0898 e. The number of rotatable bonds is 3. The standard InChI is InChI=1S/C10H18OS/c1-8(2)6-7-9(12-5)10(3,4)11/h6-7,11H,1-5H3/b9-7-. The van der Waals surface area contributed by atoms with E-state index in [0.29, 0.717) is 0 Å². The van der Waals surface area contributed by atoms with Gasteiger partial charge < -0.3 is 5.11 Å². The van der Waals surface area contributed by atoms with Crippen LogP contribution >= 0.6 is 11.8 Å². The highest BCUT2D eigenvalue weighted by Gasteiger charge is 2.17. The highest BCUT2D eigenvalue weighted by atomic mass is 32.2. The van der Waals surface area contributed by atoms with Gasteiger partial charge in [-0.25, -0.2) is 0 Å². The van der Waals surface area contributed by atoms with Crippen LogP contribution in [-0.4, -0.2) is 17.0 Å². The Morgan fingerprint density at radius 1 is 1.25 bits per heavy atom. The molecule has 1 nitrogen and oxygen atoms in total. The molecule has 0 atom stereocenters. The van der Waals surface area contributed by atoms with Gasteiger partial charge in [-0.2, -0.15) is 0 Å². The Balaban J connectivity index is 4.57. The van der Waals surface area contributed by atoms with Gasteiger partial charge in [-0.1, -0.05) is 11.6 Å². The molecule has 0 unspecified atom stereocenters. The molecule has 0 saturated heterocycles. The number of thioether (sulfide) groups is 1. The van der Waals surface area contributed by atoms with Crippen molar-refractivity contribution in [3.63, 3.8) is 0 Å². The molecule has 0 aromatic heterocycles. The lowest BCUT2D eigenvalue weighted by atomic mass is 10.1. The van der Waals surface area contributed by atoms with Gasteiger partial charge in [0.15, 0.2) is 0 Å². The number of hydrogen-bond donors (Lipinski definition) is 1. The zero-order valence-electron chi connectivity index (χ0n) is 8.51. The van der Waals surface area contributed by atoms with Gasteiger partial charge in [-0.15, -0.1) is 11.8 Å². The summed E-state index contributed by atoms with van der Waals surface area (Å²) in [5.74, 6) is 0. The Labute approximate surface area is 79.6 Å². The molecule has 0 fully saturated rings. The van der Waals surface area contributed by atoms with Gasteiger partial charge in [0.25, 0.3) is 0 Å². The van der Waals surface area contributed by atoms with Crippen molar-refractivity contribution in [2.45, 2.75) is 33.3 Å². The minimum atomic E-state index is -0.717. The van der Waals surface area contributed by atoms with Crippen molar-refractivity contribution in [3.8, 4) is 0 Å². The lowest BCUT2D eigenvalue weighted by molar-refractivity contribution is 0.129. The predicted octanol–water partition coefficient (Wildman–Crippen LogP) is 2.97. The fourth-order valence-electron chi connectivity index (χ4n) is 0.764. The van der Waals surface area contributed by atoms with Crippen LogP contribution < -0.4 is 0 Å². The second-order valence-electron chi connectivity index (χ2n) is 3.54. The van der Waals surface area contributed by atoms with Crippen molar-refractivity contribution in [1.82, 2.24) is 0 Å². The molecule has 0 amide bonds. The Hall–Kier alpha value is -0.210. The van der Waals surface area contributed by atoms with Crippen molar-refractivity contribution in [2.75, 3.05) is 6.26 Å². The minimum absolute atomic E-state index is 0.717. The van der Waals surface area contributed by atoms with Crippen molar-refractivity contribution in [2.24, 2.45) is 0 Å². The van der Waals surface area contributed by atoms with E-state index in [4.69, 9.17) is 0 Å². The van der Waals surface area contributed by atoms with Gasteiger partial charge in [0.05, 0.1) is 5.60 Å². The third-order valence-electron chi connectivity index (χ3n) is 1.39. The minimum Gasteiger partial charge on any atom is -0.385 e. The third kappa shape index (κ3) is 4.62. The van der Waals surface area contributed by atoms with Crippen LogP contribution in [0.2, 0.25) is 0 Å². The van der Waals surface area contributed by atoms with Crippen molar-refractivity contribution in [3.05, 3.63) is 22.6 Å². The molecule has 0 spiro atoms. The molecular weight excluding hydrogens is 168 g/mol. The largest absolute Gasteiger partial charge is 0.385 e. The second-order valence-corrected chi connectivity index (χ2v) is 4.39. The van der Waals surface area contributed by atoms with Gasteiger partial charge in [0.1, 0.15) is 0 Å². The average molecular weight is 186 g/mol. The first-order valence-electron chi connectivity index (χ1n) is 4.00. The van der Waals surface area contributed by atoms with E-state index in [-0.39, 0.29) is 0 Å². The van der Waals surface area contributed by atoms with Crippen LogP contribution in [0, 0.1) is 0 Å². The van der Waals surface area contributed by atoms with E-state index < -0.39 is 5.60 Å². The van der Waals surface area contributed by atoms with Crippen LogP contribution in [0.3, 0.4) is 0 Å². The molecule has 0 saturated carbocycles. The molecule has 0 aromatic carbocycles. The summed E-state index contributed by atoms with van der Waals surface area (Å²) in [5.41, 5.74) is 0.525. The number of hydrogen-bond acceptors (Lipinski definition) is 2. The average Bonchev–Trinajstić information content (AvgIpc) is 1.85. The molecule has 12 heavy (non-hydrogen) atoms. The highest BCUT2D eigenvalue weighted by molar-refractivity contribution is 8.02. The fourth-order valence-corrected chi connectivity index (χ4v) is 1.47. The molecule has 70 valence electrons. The fraction of sp³-hybridized carbons (Fsp3) is 0.600. The summed E-state index contributed by atoms with van der Waals surface area (Å²) in [6.07, 6.45) is 5.96. The Morgan fingerprint density at radius 2 is 1.75 bits per heavy atom. The second kappa shape index (κ2) is 4.73. The first-order valence-corrected chi connectivity index (χ1v) is 5.22. The molecule has 0 aliphatic rings. The summed E-state index contributed by atoms with van der Waals surface area (Å²) in [4.78, 5) is 0.990. The van der Waals surface area contributed by atoms with Crippen LogP contribution in [0.25, 0.3) is 0 Å². The molecule has 2 heteroatoms. The topological polar surface area (TPSA) is 20.2 Å². The zero-order valence-corrected chi connectivity index (χ0v) is 9.33. The van der Waals surface area contributed by atoms with E-state index >= 15 is 0 Å². The molecule has 0 rings (SSSR count). The normalized spacial score (nSPS) is 13.0. The third-order valence-corrected chi connectivity index (χ3v) is 2.47. The summed E-state index contributed by atoms with van der Waals surface area (Å²) in [6.45, 7) is 7.68. The summed E-state index contributed by atoms with van der Waals surface area (Å²) >= 11 is 1.59. The van der Waals surface area contributed by atoms with Crippen molar-refractivity contribution < 1.29 is 5.11 Å². The maximum atomic E-state index is 9.67. The van der Waals surface area contributed by atoms with Crippen LogP contribution in [0.5, 0.6) is 0 Å². The molecule has 0 bridgehead atoms. The summed E-state index contributed by atoms with van der Waals surface area (Å²) in [5, 5.41) is 9.67. The first kappa shape index (κ1) is 11.8. The summed E-state index contributed by atoms with van der Waals surface area (Å²) in [6, 6.07) is 0. The summed E-state index contributed by atoms with van der Waals surface area (Å²) in [7, 11) is 0. The van der Waals surface area contributed by atoms with Crippen molar-refractivity contribution >= 4 is 11.8 Å². The molecular formula is C10H18OS. The van der Waals surface area contributed by atoms with Gasteiger partial charge in [0, 0.05) is 4.91 Å². The van der Waals surface area contributed by atoms with E-state index in [9.17, 15) is 5.11 Å². The van der Waals surface area contributed by atoms with Crippen LogP contribution in [-0.2, 0) is 0 Å². The zero-order chi connectivity index (χ0) is 9.78. The van der Waals surface area contributed by atoms with Gasteiger partial charge >= 0.3 is 0 Å². The van der Waals surface area contributed by atoms with Crippen molar-refractivity contribution in [1.29, 1.82) is 0 Å². The molecule has 0 heterocycles. The van der Waals surface area contributed by atoms with Crippen LogP contribution in [0.1, 0.15) is 27.7 Å². The van der Waals surface area contributed by atoms with Crippen LogP contribution in [0.15, 0.2) is 22.6 Å². The van der Waals surface area contributed by atoms with E-state index in [0.717, 1.165) is 4.91 Å². The first-order chi connectivity index (χ1) is 5.38. The number of aliphatic hydroxyl groups is 1. The molecule has 0 aliphatic heterocycles. The lowest BCUT2D eigenvalue weighted by Crippen LogP contribution is -2.19.